The van der Waals surface area contributed by atoms with Crippen LogP contribution in [0.25, 0.3) is 11.0 Å². The van der Waals surface area contributed by atoms with Crippen molar-refractivity contribution in [2.75, 3.05) is 19.6 Å². The summed E-state index contributed by atoms with van der Waals surface area (Å²) in [5.41, 5.74) is 4.65. The molecule has 0 saturated carbocycles. The number of benzene rings is 1. The summed E-state index contributed by atoms with van der Waals surface area (Å²) in [7, 11) is 0. The van der Waals surface area contributed by atoms with Crippen LogP contribution in [-0.4, -0.2) is 56.9 Å². The summed E-state index contributed by atoms with van der Waals surface area (Å²) in [6, 6.07) is 4.89. The fourth-order valence-corrected chi connectivity index (χ4v) is 5.75. The summed E-state index contributed by atoms with van der Waals surface area (Å²) in [4.78, 5) is 17.6. The lowest BCUT2D eigenvalue weighted by atomic mass is 9.51. The molecule has 3 heterocycles. The Balaban J connectivity index is 1.56. The monoisotopic (exact) mass is 367 g/mol. The SMILES string of the molecule is CC1(C)[C@H]2Cc3cc4n[nH]nc4cc3[C@]1(C)CCN2C(=O)N1CCCCC1. The molecule has 2 bridgehead atoms. The van der Waals surface area contributed by atoms with Crippen LogP contribution in [0.5, 0.6) is 0 Å². The van der Waals surface area contributed by atoms with Gasteiger partial charge in [-0.3, -0.25) is 0 Å². The molecule has 2 amide bonds. The first-order valence-electron chi connectivity index (χ1n) is 10.3. The van der Waals surface area contributed by atoms with Crippen LogP contribution in [-0.2, 0) is 11.8 Å². The van der Waals surface area contributed by atoms with E-state index in [4.69, 9.17) is 0 Å². The third-order valence-electron chi connectivity index (χ3n) is 7.91. The number of amides is 2. The van der Waals surface area contributed by atoms with Gasteiger partial charge in [0.2, 0.25) is 0 Å². The Morgan fingerprint density at radius 1 is 1.07 bits per heavy atom. The van der Waals surface area contributed by atoms with Crippen molar-refractivity contribution in [1.29, 1.82) is 0 Å². The summed E-state index contributed by atoms with van der Waals surface area (Å²) < 4.78 is 0. The predicted octanol–water partition coefficient (Wildman–Crippen LogP) is 3.48. The lowest BCUT2D eigenvalue weighted by molar-refractivity contribution is -0.0241. The summed E-state index contributed by atoms with van der Waals surface area (Å²) in [5, 5.41) is 11.3. The third kappa shape index (κ3) is 2.28. The number of aromatic nitrogens is 3. The first kappa shape index (κ1) is 17.0. The van der Waals surface area contributed by atoms with E-state index in [1.54, 1.807) is 0 Å². The first-order chi connectivity index (χ1) is 12.9. The molecule has 2 aliphatic heterocycles. The van der Waals surface area contributed by atoms with Crippen LogP contribution < -0.4 is 0 Å². The van der Waals surface area contributed by atoms with Crippen LogP contribution in [0.1, 0.15) is 57.6 Å². The number of carbonyl (C=O) groups excluding carboxylic acids is 1. The van der Waals surface area contributed by atoms with Gasteiger partial charge in [-0.15, -0.1) is 0 Å². The van der Waals surface area contributed by atoms with Crippen molar-refractivity contribution in [3.05, 3.63) is 23.3 Å². The number of carbonyl (C=O) groups is 1. The maximum Gasteiger partial charge on any atom is 0.320 e. The number of nitrogens with one attached hydrogen (secondary N) is 1. The normalized spacial score (nSPS) is 29.7. The summed E-state index contributed by atoms with van der Waals surface area (Å²) in [5.74, 6) is 0. The number of fused-ring (bicyclic) bond motifs is 5. The van der Waals surface area contributed by atoms with Crippen molar-refractivity contribution in [3.63, 3.8) is 0 Å². The Morgan fingerprint density at radius 2 is 1.78 bits per heavy atom. The molecule has 0 spiro atoms. The zero-order chi connectivity index (χ0) is 18.8. The smallest absolute Gasteiger partial charge is 0.320 e. The van der Waals surface area contributed by atoms with Crippen LogP contribution in [0, 0.1) is 5.41 Å². The number of hydrogen-bond donors (Lipinski definition) is 1. The molecule has 2 saturated heterocycles. The number of urea groups is 1. The van der Waals surface area contributed by atoms with Crippen molar-refractivity contribution >= 4 is 17.1 Å². The summed E-state index contributed by atoms with van der Waals surface area (Å²) in [6.07, 6.45) is 5.42. The van der Waals surface area contributed by atoms with Gasteiger partial charge in [-0.05, 0) is 60.8 Å². The van der Waals surface area contributed by atoms with Crippen molar-refractivity contribution in [2.45, 2.75) is 64.3 Å². The Labute approximate surface area is 160 Å². The van der Waals surface area contributed by atoms with Gasteiger partial charge in [0.15, 0.2) is 0 Å². The molecule has 3 aliphatic rings. The highest BCUT2D eigenvalue weighted by Crippen LogP contribution is 2.56. The molecule has 6 heteroatoms. The minimum absolute atomic E-state index is 0.0150. The lowest BCUT2D eigenvalue weighted by Gasteiger charge is -2.61. The molecule has 2 atom stereocenters. The molecule has 1 aromatic carbocycles. The maximum atomic E-state index is 13.4. The number of likely N-dealkylation sites (tertiary alicyclic amines) is 2. The fourth-order valence-electron chi connectivity index (χ4n) is 5.75. The first-order valence-corrected chi connectivity index (χ1v) is 10.3. The average Bonchev–Trinajstić information content (AvgIpc) is 3.11. The van der Waals surface area contributed by atoms with E-state index >= 15 is 0 Å². The Morgan fingerprint density at radius 3 is 2.52 bits per heavy atom. The minimum Gasteiger partial charge on any atom is -0.325 e. The van der Waals surface area contributed by atoms with E-state index in [2.05, 4.69) is 58.1 Å². The molecular weight excluding hydrogens is 338 g/mol. The molecule has 27 heavy (non-hydrogen) atoms. The quantitative estimate of drug-likeness (QED) is 0.775. The van der Waals surface area contributed by atoms with E-state index in [1.807, 2.05) is 0 Å². The van der Waals surface area contributed by atoms with Gasteiger partial charge in [0.1, 0.15) is 11.0 Å². The highest BCUT2D eigenvalue weighted by atomic mass is 16.2. The molecule has 144 valence electrons. The van der Waals surface area contributed by atoms with Crippen molar-refractivity contribution in [3.8, 4) is 0 Å². The van der Waals surface area contributed by atoms with Crippen LogP contribution in [0.4, 0.5) is 4.79 Å². The second-order valence-electron chi connectivity index (χ2n) is 9.37. The zero-order valence-electron chi connectivity index (χ0n) is 16.6. The minimum atomic E-state index is 0.0150. The molecule has 1 N–H and O–H groups in total. The number of rotatable bonds is 0. The average molecular weight is 367 g/mol. The van der Waals surface area contributed by atoms with Gasteiger partial charge in [0.25, 0.3) is 0 Å². The van der Waals surface area contributed by atoms with Gasteiger partial charge in [-0.1, -0.05) is 20.8 Å². The highest BCUT2D eigenvalue weighted by molar-refractivity contribution is 5.78. The van der Waals surface area contributed by atoms with Gasteiger partial charge in [-0.2, -0.15) is 15.4 Å². The van der Waals surface area contributed by atoms with Crippen molar-refractivity contribution in [1.82, 2.24) is 25.2 Å². The van der Waals surface area contributed by atoms with Crippen LogP contribution >= 0.6 is 0 Å². The van der Waals surface area contributed by atoms with Crippen molar-refractivity contribution < 1.29 is 4.79 Å². The second-order valence-corrected chi connectivity index (χ2v) is 9.37. The van der Waals surface area contributed by atoms with Gasteiger partial charge < -0.3 is 9.80 Å². The molecule has 2 fully saturated rings. The van der Waals surface area contributed by atoms with Gasteiger partial charge in [0.05, 0.1) is 0 Å². The number of H-pyrrole nitrogens is 1. The number of nitrogens with zero attached hydrogens (tertiary/aromatic N) is 4. The van der Waals surface area contributed by atoms with Crippen LogP contribution in [0.2, 0.25) is 0 Å². The van der Waals surface area contributed by atoms with E-state index < -0.39 is 0 Å². The number of piperidine rings is 2. The highest BCUT2D eigenvalue weighted by Gasteiger charge is 2.57. The standard InChI is InChI=1S/C21H29N5O/c1-20(2)18-12-14-11-16-17(23-24-22-16)13-15(14)21(20,3)7-10-26(18)19(27)25-8-5-4-6-9-25/h11,13,18H,4-10,12H2,1-3H3,(H,22,23,24)/t18-,21+/m1/s1. The largest absolute Gasteiger partial charge is 0.325 e. The van der Waals surface area contributed by atoms with E-state index in [9.17, 15) is 4.79 Å². The van der Waals surface area contributed by atoms with E-state index in [1.165, 1.54) is 17.5 Å². The third-order valence-corrected chi connectivity index (χ3v) is 7.91. The topological polar surface area (TPSA) is 65.1 Å². The summed E-state index contributed by atoms with van der Waals surface area (Å²) in [6.45, 7) is 9.75. The van der Waals surface area contributed by atoms with Gasteiger partial charge in [0, 0.05) is 31.1 Å². The lowest BCUT2D eigenvalue weighted by Crippen LogP contribution is -2.66. The molecular formula is C21H29N5O. The molecule has 6 nitrogen and oxygen atoms in total. The Kier molecular flexibility index (Phi) is 3.59. The van der Waals surface area contributed by atoms with Crippen LogP contribution in [0.15, 0.2) is 12.1 Å². The molecule has 1 aliphatic carbocycles. The predicted molar refractivity (Wildman–Crippen MR) is 105 cm³/mol. The fraction of sp³-hybridized carbons (Fsp3) is 0.667. The zero-order valence-corrected chi connectivity index (χ0v) is 16.6. The maximum absolute atomic E-state index is 13.4. The van der Waals surface area contributed by atoms with E-state index in [0.29, 0.717) is 0 Å². The van der Waals surface area contributed by atoms with Crippen molar-refractivity contribution in [2.24, 2.45) is 5.41 Å². The Bertz CT molecular complexity index is 897. The second kappa shape index (κ2) is 5.69. The molecule has 5 rings (SSSR count). The van der Waals surface area contributed by atoms with Crippen LogP contribution in [0.3, 0.4) is 0 Å². The molecule has 0 unspecified atom stereocenters. The van der Waals surface area contributed by atoms with E-state index in [-0.39, 0.29) is 22.9 Å². The molecule has 2 aromatic rings. The van der Waals surface area contributed by atoms with E-state index in [0.717, 1.165) is 56.4 Å². The van der Waals surface area contributed by atoms with Gasteiger partial charge >= 0.3 is 6.03 Å². The summed E-state index contributed by atoms with van der Waals surface area (Å²) >= 11 is 0. The van der Waals surface area contributed by atoms with Gasteiger partial charge in [-0.25, -0.2) is 4.79 Å². The number of hydrogen-bond acceptors (Lipinski definition) is 3. The Hall–Kier alpha value is -2.11. The molecule has 1 aromatic heterocycles. The molecule has 0 radical (unpaired) electrons. The number of aromatic amines is 1.